The Morgan fingerprint density at radius 2 is 2.27 bits per heavy atom. The zero-order chi connectivity index (χ0) is 8.43. The zero-order valence-electron chi connectivity index (χ0n) is 6.90. The van der Waals surface area contributed by atoms with Crippen LogP contribution < -0.4 is 0 Å². The average Bonchev–Trinajstić information content (AvgIpc) is 2.30. The van der Waals surface area contributed by atoms with Crippen LogP contribution in [0, 0.1) is 0 Å². The fourth-order valence-corrected chi connectivity index (χ4v) is 1.19. The van der Waals surface area contributed by atoms with E-state index < -0.39 is 6.41 Å². The molecule has 1 heterocycles. The summed E-state index contributed by atoms with van der Waals surface area (Å²) in [4.78, 5) is 1.79. The molecule has 66 valence electrons. The SMILES string of the molecule is CC(C)N1C[C@@H](CO)OC1O. The number of ether oxygens (including phenoxy) is 1. The third-order valence-corrected chi connectivity index (χ3v) is 1.88. The molecule has 0 aliphatic carbocycles. The molecule has 1 aliphatic rings. The summed E-state index contributed by atoms with van der Waals surface area (Å²) in [7, 11) is 0. The van der Waals surface area contributed by atoms with Crippen molar-refractivity contribution >= 4 is 0 Å². The quantitative estimate of drug-likeness (QED) is 0.566. The molecule has 0 bridgehead atoms. The molecule has 2 atom stereocenters. The number of hydrogen-bond acceptors (Lipinski definition) is 4. The Hall–Kier alpha value is -0.160. The minimum atomic E-state index is -0.841. The predicted octanol–water partition coefficient (Wildman–Crippen LogP) is -0.636. The second-order valence-corrected chi connectivity index (χ2v) is 3.06. The number of nitrogens with zero attached hydrogens (tertiary/aromatic N) is 1. The highest BCUT2D eigenvalue weighted by molar-refractivity contribution is 4.74. The second kappa shape index (κ2) is 3.49. The molecule has 4 heteroatoms. The molecule has 1 rings (SSSR count). The molecule has 1 aliphatic heterocycles. The fraction of sp³-hybridized carbons (Fsp3) is 1.00. The highest BCUT2D eigenvalue weighted by atomic mass is 16.6. The third-order valence-electron chi connectivity index (χ3n) is 1.88. The first kappa shape index (κ1) is 8.93. The van der Waals surface area contributed by atoms with Gasteiger partial charge >= 0.3 is 0 Å². The van der Waals surface area contributed by atoms with Gasteiger partial charge in [0.2, 0.25) is 6.41 Å². The maximum atomic E-state index is 9.25. The van der Waals surface area contributed by atoms with Crippen molar-refractivity contribution in [2.24, 2.45) is 0 Å². The molecular formula is C7H15NO3. The van der Waals surface area contributed by atoms with E-state index in [2.05, 4.69) is 0 Å². The highest BCUT2D eigenvalue weighted by Crippen LogP contribution is 2.16. The van der Waals surface area contributed by atoms with Gasteiger partial charge in [0.25, 0.3) is 0 Å². The maximum Gasteiger partial charge on any atom is 0.216 e. The predicted molar refractivity (Wildman–Crippen MR) is 39.8 cm³/mol. The Kier molecular flexibility index (Phi) is 2.84. The lowest BCUT2D eigenvalue weighted by molar-refractivity contribution is -0.160. The smallest absolute Gasteiger partial charge is 0.216 e. The molecule has 0 spiro atoms. The first-order chi connectivity index (χ1) is 5.15. The molecule has 0 aromatic carbocycles. The van der Waals surface area contributed by atoms with Gasteiger partial charge in [-0.1, -0.05) is 0 Å². The number of rotatable bonds is 2. The van der Waals surface area contributed by atoms with Crippen LogP contribution in [-0.4, -0.2) is 46.8 Å². The van der Waals surface area contributed by atoms with Crippen LogP contribution in [0.25, 0.3) is 0 Å². The van der Waals surface area contributed by atoms with Gasteiger partial charge in [-0.15, -0.1) is 0 Å². The molecule has 0 saturated carbocycles. The molecule has 1 unspecified atom stereocenters. The van der Waals surface area contributed by atoms with E-state index >= 15 is 0 Å². The van der Waals surface area contributed by atoms with Gasteiger partial charge in [-0.2, -0.15) is 0 Å². The first-order valence-electron chi connectivity index (χ1n) is 3.85. The number of hydrogen-bond donors (Lipinski definition) is 2. The van der Waals surface area contributed by atoms with Crippen LogP contribution in [0.1, 0.15) is 13.8 Å². The van der Waals surface area contributed by atoms with Crippen LogP contribution >= 0.6 is 0 Å². The summed E-state index contributed by atoms with van der Waals surface area (Å²) in [5, 5.41) is 18.0. The van der Waals surface area contributed by atoms with E-state index in [4.69, 9.17) is 9.84 Å². The van der Waals surface area contributed by atoms with Gasteiger partial charge < -0.3 is 14.9 Å². The highest BCUT2D eigenvalue weighted by Gasteiger charge is 2.32. The van der Waals surface area contributed by atoms with E-state index in [0.29, 0.717) is 6.54 Å². The lowest BCUT2D eigenvalue weighted by Crippen LogP contribution is -2.36. The molecule has 0 aromatic rings. The summed E-state index contributed by atoms with van der Waals surface area (Å²) < 4.78 is 5.02. The van der Waals surface area contributed by atoms with Crippen molar-refractivity contribution in [1.82, 2.24) is 4.90 Å². The molecule has 2 N–H and O–H groups in total. The topological polar surface area (TPSA) is 52.9 Å². The Balaban J connectivity index is 2.45. The molecule has 0 radical (unpaired) electrons. The van der Waals surface area contributed by atoms with Gasteiger partial charge in [-0.3, -0.25) is 4.90 Å². The Labute approximate surface area is 66.4 Å². The van der Waals surface area contributed by atoms with E-state index in [9.17, 15) is 5.11 Å². The van der Waals surface area contributed by atoms with Crippen molar-refractivity contribution in [3.8, 4) is 0 Å². The standard InChI is InChI=1S/C7H15NO3/c1-5(2)8-3-6(4-9)11-7(8)10/h5-7,9-10H,3-4H2,1-2H3/t6-,7?/m0/s1. The molecular weight excluding hydrogens is 146 g/mol. The monoisotopic (exact) mass is 161 g/mol. The fourth-order valence-electron chi connectivity index (χ4n) is 1.19. The van der Waals surface area contributed by atoms with Gasteiger partial charge in [0.15, 0.2) is 0 Å². The summed E-state index contributed by atoms with van der Waals surface area (Å²) in [6.07, 6.45) is -1.07. The minimum absolute atomic E-state index is 0.0275. The van der Waals surface area contributed by atoms with Gasteiger partial charge in [0.05, 0.1) is 12.7 Å². The lowest BCUT2D eigenvalue weighted by atomic mass is 10.3. The van der Waals surface area contributed by atoms with Crippen molar-refractivity contribution < 1.29 is 14.9 Å². The van der Waals surface area contributed by atoms with Crippen LogP contribution in [-0.2, 0) is 4.74 Å². The van der Waals surface area contributed by atoms with Crippen molar-refractivity contribution in [2.75, 3.05) is 13.2 Å². The second-order valence-electron chi connectivity index (χ2n) is 3.06. The summed E-state index contributed by atoms with van der Waals surface area (Å²) in [6.45, 7) is 4.54. The lowest BCUT2D eigenvalue weighted by Gasteiger charge is -2.21. The number of aliphatic hydroxyl groups excluding tert-OH is 2. The van der Waals surface area contributed by atoms with E-state index in [0.717, 1.165) is 0 Å². The molecule has 11 heavy (non-hydrogen) atoms. The summed E-state index contributed by atoms with van der Waals surface area (Å²) >= 11 is 0. The molecule has 4 nitrogen and oxygen atoms in total. The van der Waals surface area contributed by atoms with Crippen LogP contribution in [0.15, 0.2) is 0 Å². The van der Waals surface area contributed by atoms with Gasteiger partial charge in [-0.05, 0) is 13.8 Å². The molecule has 0 aromatic heterocycles. The Morgan fingerprint density at radius 1 is 1.64 bits per heavy atom. The third kappa shape index (κ3) is 1.90. The van der Waals surface area contributed by atoms with Crippen LogP contribution in [0.4, 0.5) is 0 Å². The van der Waals surface area contributed by atoms with Crippen LogP contribution in [0.3, 0.4) is 0 Å². The summed E-state index contributed by atoms with van der Waals surface area (Å²) in [6, 6.07) is 0.251. The van der Waals surface area contributed by atoms with Crippen molar-refractivity contribution in [3.05, 3.63) is 0 Å². The van der Waals surface area contributed by atoms with E-state index in [1.54, 1.807) is 4.90 Å². The maximum absolute atomic E-state index is 9.25. The van der Waals surface area contributed by atoms with E-state index in [1.807, 2.05) is 13.8 Å². The molecule has 1 fully saturated rings. The van der Waals surface area contributed by atoms with E-state index in [-0.39, 0.29) is 18.8 Å². The van der Waals surface area contributed by atoms with Crippen molar-refractivity contribution in [3.63, 3.8) is 0 Å². The largest absolute Gasteiger partial charge is 0.394 e. The normalized spacial score (nSPS) is 33.5. The Morgan fingerprint density at radius 3 is 2.55 bits per heavy atom. The van der Waals surface area contributed by atoms with Gasteiger partial charge in [0, 0.05) is 12.6 Å². The molecule has 1 saturated heterocycles. The van der Waals surface area contributed by atoms with Crippen LogP contribution in [0.5, 0.6) is 0 Å². The van der Waals surface area contributed by atoms with Gasteiger partial charge in [0.1, 0.15) is 0 Å². The van der Waals surface area contributed by atoms with E-state index in [1.165, 1.54) is 0 Å². The average molecular weight is 161 g/mol. The summed E-state index contributed by atoms with van der Waals surface area (Å²) in [5.41, 5.74) is 0. The Bertz CT molecular complexity index is 129. The van der Waals surface area contributed by atoms with Crippen LogP contribution in [0.2, 0.25) is 0 Å². The van der Waals surface area contributed by atoms with Gasteiger partial charge in [-0.25, -0.2) is 0 Å². The zero-order valence-corrected chi connectivity index (χ0v) is 6.90. The summed E-state index contributed by atoms with van der Waals surface area (Å²) in [5.74, 6) is 0. The van der Waals surface area contributed by atoms with Crippen molar-refractivity contribution in [1.29, 1.82) is 0 Å². The van der Waals surface area contributed by atoms with Crippen molar-refractivity contribution in [2.45, 2.75) is 32.4 Å². The minimum Gasteiger partial charge on any atom is -0.394 e. The molecule has 0 amide bonds. The number of aliphatic hydroxyl groups is 2. The first-order valence-corrected chi connectivity index (χ1v) is 3.85.